The average Bonchev–Trinajstić information content (AvgIpc) is 2.66. The van der Waals surface area contributed by atoms with Crippen LogP contribution in [0.25, 0.3) is 6.08 Å². The first kappa shape index (κ1) is 21.5. The lowest BCUT2D eigenvalue weighted by Gasteiger charge is -2.09. The van der Waals surface area contributed by atoms with Gasteiger partial charge in [0, 0.05) is 28.2 Å². The highest BCUT2D eigenvalue weighted by Crippen LogP contribution is 2.17. The van der Waals surface area contributed by atoms with E-state index in [2.05, 4.69) is 20.0 Å². The fourth-order valence-electron chi connectivity index (χ4n) is 2.63. The molecule has 0 atom stereocenters. The molecule has 2 N–H and O–H groups in total. The molecule has 3 aromatic rings. The van der Waals surface area contributed by atoms with Gasteiger partial charge in [-0.1, -0.05) is 23.7 Å². The van der Waals surface area contributed by atoms with Crippen molar-refractivity contribution in [3.05, 3.63) is 82.6 Å². The van der Waals surface area contributed by atoms with Crippen LogP contribution in [0.3, 0.4) is 0 Å². The molecular formula is C21H19ClN4O3S. The van der Waals surface area contributed by atoms with Crippen molar-refractivity contribution in [2.24, 2.45) is 0 Å². The summed E-state index contributed by atoms with van der Waals surface area (Å²) in [6, 6.07) is 14.6. The third kappa shape index (κ3) is 5.88. The van der Waals surface area contributed by atoms with Crippen molar-refractivity contribution in [3.63, 3.8) is 0 Å². The van der Waals surface area contributed by atoms with Gasteiger partial charge in [-0.05, 0) is 68.0 Å². The number of benzene rings is 2. The smallest absolute Gasteiger partial charge is 0.264 e. The molecule has 3 rings (SSSR count). The second-order valence-corrected chi connectivity index (χ2v) is 8.60. The first-order valence-corrected chi connectivity index (χ1v) is 10.8. The third-order valence-electron chi connectivity index (χ3n) is 3.92. The van der Waals surface area contributed by atoms with Crippen LogP contribution in [0.4, 0.5) is 11.6 Å². The number of carbonyl (C=O) groups is 1. The number of nitrogens with zero attached hydrogens (tertiary/aromatic N) is 2. The molecule has 0 bridgehead atoms. The van der Waals surface area contributed by atoms with Crippen LogP contribution in [0.5, 0.6) is 0 Å². The minimum absolute atomic E-state index is 0.0102. The van der Waals surface area contributed by atoms with E-state index < -0.39 is 10.0 Å². The molecule has 0 spiro atoms. The topological polar surface area (TPSA) is 101 Å². The summed E-state index contributed by atoms with van der Waals surface area (Å²) >= 11 is 5.91. The Hall–Kier alpha value is -3.23. The molecule has 0 aliphatic rings. The highest BCUT2D eigenvalue weighted by Gasteiger charge is 2.16. The van der Waals surface area contributed by atoms with Gasteiger partial charge in [-0.2, -0.15) is 0 Å². The summed E-state index contributed by atoms with van der Waals surface area (Å²) in [4.78, 5) is 20.3. The molecule has 9 heteroatoms. The van der Waals surface area contributed by atoms with Crippen molar-refractivity contribution in [3.8, 4) is 0 Å². The lowest BCUT2D eigenvalue weighted by Crippen LogP contribution is -2.16. The summed E-state index contributed by atoms with van der Waals surface area (Å²) in [6.45, 7) is 3.51. The Morgan fingerprint density at radius 1 is 1.00 bits per heavy atom. The van der Waals surface area contributed by atoms with E-state index in [1.165, 1.54) is 30.3 Å². The summed E-state index contributed by atoms with van der Waals surface area (Å²) in [6.07, 6.45) is 3.00. The summed E-state index contributed by atoms with van der Waals surface area (Å²) in [5.74, 6) is -0.344. The molecule has 1 amide bonds. The number of aryl methyl sites for hydroxylation is 2. The Morgan fingerprint density at radius 2 is 1.67 bits per heavy atom. The average molecular weight is 443 g/mol. The van der Waals surface area contributed by atoms with E-state index in [1.54, 1.807) is 44.2 Å². The van der Waals surface area contributed by atoms with Crippen LogP contribution in [0, 0.1) is 13.8 Å². The van der Waals surface area contributed by atoms with Gasteiger partial charge in [-0.15, -0.1) is 0 Å². The summed E-state index contributed by atoms with van der Waals surface area (Å²) < 4.78 is 27.4. The van der Waals surface area contributed by atoms with Crippen molar-refractivity contribution < 1.29 is 13.2 Å². The minimum atomic E-state index is -3.86. The maximum Gasteiger partial charge on any atom is 0.264 e. The van der Waals surface area contributed by atoms with Gasteiger partial charge < -0.3 is 5.32 Å². The Bertz CT molecular complexity index is 1190. The first-order chi connectivity index (χ1) is 14.2. The van der Waals surface area contributed by atoms with Gasteiger partial charge in [0.2, 0.25) is 11.9 Å². The number of rotatable bonds is 6. The zero-order chi connectivity index (χ0) is 21.7. The first-order valence-electron chi connectivity index (χ1n) is 8.91. The molecule has 0 unspecified atom stereocenters. The normalized spacial score (nSPS) is 11.4. The number of nitrogens with one attached hydrogen (secondary N) is 2. The highest BCUT2D eigenvalue weighted by molar-refractivity contribution is 7.92. The van der Waals surface area contributed by atoms with Crippen molar-refractivity contribution in [2.45, 2.75) is 18.7 Å². The second kappa shape index (κ2) is 9.06. The van der Waals surface area contributed by atoms with Crippen LogP contribution < -0.4 is 10.0 Å². The van der Waals surface area contributed by atoms with Gasteiger partial charge >= 0.3 is 0 Å². The quantitative estimate of drug-likeness (QED) is 0.557. The number of halogens is 1. The van der Waals surface area contributed by atoms with Crippen LogP contribution in [-0.4, -0.2) is 24.3 Å². The summed E-state index contributed by atoms with van der Waals surface area (Å²) in [5.41, 5.74) is 2.56. The lowest BCUT2D eigenvalue weighted by molar-refractivity contribution is -0.111. The van der Waals surface area contributed by atoms with Gasteiger partial charge in [0.15, 0.2) is 0 Å². The maximum absolute atomic E-state index is 12.5. The van der Waals surface area contributed by atoms with E-state index in [4.69, 9.17) is 11.6 Å². The Labute approximate surface area is 179 Å². The molecule has 0 saturated carbocycles. The van der Waals surface area contributed by atoms with Gasteiger partial charge in [0.05, 0.1) is 4.90 Å². The predicted molar refractivity (Wildman–Crippen MR) is 118 cm³/mol. The molecule has 2 aromatic carbocycles. The molecule has 0 aliphatic heterocycles. The molecule has 0 aliphatic carbocycles. The molecular weight excluding hydrogens is 424 g/mol. The standard InChI is InChI=1S/C21H19ClN4O3S/c1-14-12-15(2)24-21(23-14)26-30(28,29)19-9-7-18(8-10-19)25-20(27)11-6-16-4-3-5-17(22)13-16/h3-13H,1-2H3,(H,25,27)(H,23,24,26). The predicted octanol–water partition coefficient (Wildman–Crippen LogP) is 4.20. The monoisotopic (exact) mass is 442 g/mol. The lowest BCUT2D eigenvalue weighted by atomic mass is 10.2. The van der Waals surface area contributed by atoms with Gasteiger partial charge in [0.25, 0.3) is 10.0 Å². The molecule has 0 radical (unpaired) electrons. The Morgan fingerprint density at radius 3 is 2.30 bits per heavy atom. The van der Waals surface area contributed by atoms with E-state index in [9.17, 15) is 13.2 Å². The highest BCUT2D eigenvalue weighted by atomic mass is 35.5. The van der Waals surface area contributed by atoms with Crippen LogP contribution in [0.2, 0.25) is 5.02 Å². The number of anilines is 2. The Balaban J connectivity index is 1.67. The fourth-order valence-corrected chi connectivity index (χ4v) is 3.78. The van der Waals surface area contributed by atoms with Crippen molar-refractivity contribution in [1.82, 2.24) is 9.97 Å². The van der Waals surface area contributed by atoms with E-state index in [0.29, 0.717) is 22.1 Å². The van der Waals surface area contributed by atoms with E-state index in [0.717, 1.165) is 5.56 Å². The van der Waals surface area contributed by atoms with E-state index >= 15 is 0 Å². The third-order valence-corrected chi connectivity index (χ3v) is 5.50. The van der Waals surface area contributed by atoms with Crippen LogP contribution in [0.1, 0.15) is 17.0 Å². The molecule has 7 nitrogen and oxygen atoms in total. The van der Waals surface area contributed by atoms with Crippen LogP contribution in [0.15, 0.2) is 65.6 Å². The molecule has 1 heterocycles. The van der Waals surface area contributed by atoms with Gasteiger partial charge in [-0.3, -0.25) is 4.79 Å². The van der Waals surface area contributed by atoms with Crippen molar-refractivity contribution >= 4 is 45.2 Å². The molecule has 0 saturated heterocycles. The van der Waals surface area contributed by atoms with E-state index in [1.807, 2.05) is 6.07 Å². The maximum atomic E-state index is 12.5. The van der Waals surface area contributed by atoms with E-state index in [-0.39, 0.29) is 16.8 Å². The van der Waals surface area contributed by atoms with Crippen molar-refractivity contribution in [2.75, 3.05) is 10.0 Å². The number of hydrogen-bond donors (Lipinski definition) is 2. The van der Waals surface area contributed by atoms with Crippen molar-refractivity contribution in [1.29, 1.82) is 0 Å². The number of amides is 1. The molecule has 30 heavy (non-hydrogen) atoms. The zero-order valence-corrected chi connectivity index (χ0v) is 17.8. The summed E-state index contributed by atoms with van der Waals surface area (Å²) in [7, 11) is -3.86. The molecule has 1 aromatic heterocycles. The largest absolute Gasteiger partial charge is 0.323 e. The second-order valence-electron chi connectivity index (χ2n) is 6.48. The number of hydrogen-bond acceptors (Lipinski definition) is 5. The van der Waals surface area contributed by atoms with Crippen LogP contribution >= 0.6 is 11.6 Å². The number of carbonyl (C=O) groups excluding carboxylic acids is 1. The van der Waals surface area contributed by atoms with Gasteiger partial charge in [0.1, 0.15) is 0 Å². The number of sulfonamides is 1. The zero-order valence-electron chi connectivity index (χ0n) is 16.3. The molecule has 154 valence electrons. The summed E-state index contributed by atoms with van der Waals surface area (Å²) in [5, 5.41) is 3.25. The Kier molecular flexibility index (Phi) is 6.49. The minimum Gasteiger partial charge on any atom is -0.323 e. The SMILES string of the molecule is Cc1cc(C)nc(NS(=O)(=O)c2ccc(NC(=O)C=Cc3cccc(Cl)c3)cc2)n1. The van der Waals surface area contributed by atoms with Crippen LogP contribution in [-0.2, 0) is 14.8 Å². The fraction of sp³-hybridized carbons (Fsp3) is 0.0952. The number of aromatic nitrogens is 2. The van der Waals surface area contributed by atoms with Gasteiger partial charge in [-0.25, -0.2) is 23.1 Å². The molecule has 0 fully saturated rings.